The third-order valence-corrected chi connectivity index (χ3v) is 4.31. The molecule has 0 amide bonds. The fraction of sp³-hybridized carbons (Fsp3) is 0.308. The van der Waals surface area contributed by atoms with Gasteiger partial charge in [0.2, 0.25) is 0 Å². The van der Waals surface area contributed by atoms with E-state index in [-0.39, 0.29) is 6.42 Å². The largest absolute Gasteiger partial charge is 0.389 e. The summed E-state index contributed by atoms with van der Waals surface area (Å²) in [6.45, 7) is 1.88. The Morgan fingerprint density at radius 2 is 1.95 bits per heavy atom. The van der Waals surface area contributed by atoms with E-state index in [2.05, 4.69) is 20.9 Å². The van der Waals surface area contributed by atoms with Gasteiger partial charge >= 0.3 is 6.18 Å². The fourth-order valence-corrected chi connectivity index (χ4v) is 3.13. The molecule has 19 heavy (non-hydrogen) atoms. The van der Waals surface area contributed by atoms with Crippen LogP contribution < -0.4 is 0 Å². The summed E-state index contributed by atoms with van der Waals surface area (Å²) in [5.41, 5.74) is 1.67. The second kappa shape index (κ2) is 5.63. The van der Waals surface area contributed by atoms with Crippen molar-refractivity contribution in [2.75, 3.05) is 0 Å². The summed E-state index contributed by atoms with van der Waals surface area (Å²) in [6, 6.07) is 7.57. The maximum absolute atomic E-state index is 12.2. The smallest absolute Gasteiger partial charge is 0.241 e. The molecule has 1 aromatic heterocycles. The SMILES string of the molecule is Cc1sc(CCC(F)(F)F)nc1-c1ccccc1Br. The van der Waals surface area contributed by atoms with Gasteiger partial charge in [-0.25, -0.2) is 4.98 Å². The van der Waals surface area contributed by atoms with Crippen molar-refractivity contribution in [3.8, 4) is 11.3 Å². The van der Waals surface area contributed by atoms with Gasteiger partial charge in [0.25, 0.3) is 0 Å². The third-order valence-electron chi connectivity index (χ3n) is 2.59. The molecule has 0 bridgehead atoms. The van der Waals surface area contributed by atoms with E-state index >= 15 is 0 Å². The van der Waals surface area contributed by atoms with Crippen LogP contribution in [0.5, 0.6) is 0 Å². The van der Waals surface area contributed by atoms with Crippen LogP contribution in [0.3, 0.4) is 0 Å². The van der Waals surface area contributed by atoms with Crippen LogP contribution in [-0.4, -0.2) is 11.2 Å². The van der Waals surface area contributed by atoms with Gasteiger partial charge in [-0.3, -0.25) is 0 Å². The Morgan fingerprint density at radius 1 is 1.26 bits per heavy atom. The summed E-state index contributed by atoms with van der Waals surface area (Å²) >= 11 is 4.76. The number of halogens is 4. The van der Waals surface area contributed by atoms with Crippen molar-refractivity contribution in [3.63, 3.8) is 0 Å². The van der Waals surface area contributed by atoms with Crippen molar-refractivity contribution >= 4 is 27.3 Å². The average Bonchev–Trinajstić information content (AvgIpc) is 2.68. The second-order valence-corrected chi connectivity index (χ2v) is 6.25. The van der Waals surface area contributed by atoms with Gasteiger partial charge < -0.3 is 0 Å². The molecule has 2 rings (SSSR count). The minimum atomic E-state index is -4.13. The lowest BCUT2D eigenvalue weighted by molar-refractivity contribution is -0.133. The highest BCUT2D eigenvalue weighted by Crippen LogP contribution is 2.33. The van der Waals surface area contributed by atoms with Gasteiger partial charge in [-0.2, -0.15) is 13.2 Å². The van der Waals surface area contributed by atoms with E-state index in [0.717, 1.165) is 20.6 Å². The first-order chi connectivity index (χ1) is 8.87. The number of nitrogens with zero attached hydrogens (tertiary/aromatic N) is 1. The molecular weight excluding hydrogens is 339 g/mol. The molecule has 2 aromatic rings. The van der Waals surface area contributed by atoms with Crippen LogP contribution in [-0.2, 0) is 6.42 Å². The van der Waals surface area contributed by atoms with Gasteiger partial charge in [-0.05, 0) is 13.0 Å². The standard InChI is InChI=1S/C13H11BrF3NS/c1-8-12(9-4-2-3-5-10(9)14)18-11(19-8)6-7-13(15,16)17/h2-5H,6-7H2,1H3. The van der Waals surface area contributed by atoms with Crippen molar-refractivity contribution in [2.24, 2.45) is 0 Å². The predicted molar refractivity (Wildman–Crippen MR) is 74.4 cm³/mol. The molecular formula is C13H11BrF3NS. The summed E-state index contributed by atoms with van der Waals surface area (Å²) < 4.78 is 37.5. The quantitative estimate of drug-likeness (QED) is 0.725. The summed E-state index contributed by atoms with van der Waals surface area (Å²) in [5, 5.41) is 0.528. The van der Waals surface area contributed by atoms with E-state index < -0.39 is 12.6 Å². The van der Waals surface area contributed by atoms with Crippen LogP contribution in [0.4, 0.5) is 13.2 Å². The Balaban J connectivity index is 2.25. The maximum Gasteiger partial charge on any atom is 0.389 e. The number of aryl methyl sites for hydroxylation is 2. The summed E-state index contributed by atoms with van der Waals surface area (Å²) in [5.74, 6) is 0. The number of thiazole rings is 1. The lowest BCUT2D eigenvalue weighted by Gasteiger charge is -2.03. The van der Waals surface area contributed by atoms with E-state index in [4.69, 9.17) is 0 Å². The van der Waals surface area contributed by atoms with E-state index in [1.54, 1.807) is 0 Å². The molecule has 0 spiro atoms. The van der Waals surface area contributed by atoms with Gasteiger partial charge in [0.15, 0.2) is 0 Å². The van der Waals surface area contributed by atoms with Crippen LogP contribution in [0.1, 0.15) is 16.3 Å². The number of aromatic nitrogens is 1. The van der Waals surface area contributed by atoms with E-state index in [9.17, 15) is 13.2 Å². The molecule has 0 saturated heterocycles. The Bertz CT molecular complexity index is 578. The molecule has 1 aromatic carbocycles. The molecule has 0 aliphatic carbocycles. The number of hydrogen-bond donors (Lipinski definition) is 0. The van der Waals surface area contributed by atoms with Crippen LogP contribution in [0.15, 0.2) is 28.7 Å². The van der Waals surface area contributed by atoms with Gasteiger partial charge in [-0.15, -0.1) is 11.3 Å². The highest BCUT2D eigenvalue weighted by molar-refractivity contribution is 9.10. The molecule has 1 heterocycles. The maximum atomic E-state index is 12.2. The zero-order chi connectivity index (χ0) is 14.0. The van der Waals surface area contributed by atoms with Crippen LogP contribution in [0, 0.1) is 6.92 Å². The number of rotatable bonds is 3. The van der Waals surface area contributed by atoms with Crippen LogP contribution >= 0.6 is 27.3 Å². The van der Waals surface area contributed by atoms with Crippen LogP contribution in [0.2, 0.25) is 0 Å². The molecule has 0 unspecified atom stereocenters. The Kier molecular flexibility index (Phi) is 4.30. The Labute approximate surface area is 121 Å². The molecule has 102 valence electrons. The zero-order valence-corrected chi connectivity index (χ0v) is 12.5. The van der Waals surface area contributed by atoms with Crippen molar-refractivity contribution in [1.82, 2.24) is 4.98 Å². The molecule has 0 atom stereocenters. The molecule has 0 fully saturated rings. The van der Waals surface area contributed by atoms with Gasteiger partial charge in [0, 0.05) is 27.8 Å². The minimum Gasteiger partial charge on any atom is -0.241 e. The van der Waals surface area contributed by atoms with Crippen molar-refractivity contribution in [3.05, 3.63) is 38.6 Å². The number of benzene rings is 1. The Hall–Kier alpha value is -0.880. The van der Waals surface area contributed by atoms with Crippen molar-refractivity contribution < 1.29 is 13.2 Å². The average molecular weight is 350 g/mol. The third kappa shape index (κ3) is 3.79. The molecule has 0 N–H and O–H groups in total. The van der Waals surface area contributed by atoms with Crippen molar-refractivity contribution in [1.29, 1.82) is 0 Å². The van der Waals surface area contributed by atoms with Gasteiger partial charge in [-0.1, -0.05) is 34.1 Å². The highest BCUT2D eigenvalue weighted by atomic mass is 79.9. The first kappa shape index (κ1) is 14.5. The Morgan fingerprint density at radius 3 is 2.58 bits per heavy atom. The number of alkyl halides is 3. The van der Waals surface area contributed by atoms with E-state index in [1.165, 1.54) is 11.3 Å². The molecule has 0 aliphatic heterocycles. The first-order valence-corrected chi connectivity index (χ1v) is 7.26. The van der Waals surface area contributed by atoms with Gasteiger partial charge in [0.1, 0.15) is 0 Å². The zero-order valence-electron chi connectivity index (χ0n) is 10.1. The monoisotopic (exact) mass is 349 g/mol. The second-order valence-electron chi connectivity index (χ2n) is 4.11. The normalized spacial score (nSPS) is 11.8. The summed E-state index contributed by atoms with van der Waals surface area (Å²) in [7, 11) is 0. The summed E-state index contributed by atoms with van der Waals surface area (Å²) in [6.07, 6.45) is -5.01. The van der Waals surface area contributed by atoms with Gasteiger partial charge in [0.05, 0.1) is 10.7 Å². The van der Waals surface area contributed by atoms with Crippen molar-refractivity contribution in [2.45, 2.75) is 25.9 Å². The van der Waals surface area contributed by atoms with E-state index in [1.807, 2.05) is 31.2 Å². The molecule has 6 heteroatoms. The summed E-state index contributed by atoms with van der Waals surface area (Å²) in [4.78, 5) is 5.27. The topological polar surface area (TPSA) is 12.9 Å². The minimum absolute atomic E-state index is 0.0561. The lowest BCUT2D eigenvalue weighted by Crippen LogP contribution is -2.08. The molecule has 0 aliphatic rings. The number of hydrogen-bond acceptors (Lipinski definition) is 2. The first-order valence-electron chi connectivity index (χ1n) is 5.65. The molecule has 0 saturated carbocycles. The van der Waals surface area contributed by atoms with E-state index in [0.29, 0.717) is 5.01 Å². The lowest BCUT2D eigenvalue weighted by atomic mass is 10.1. The van der Waals surface area contributed by atoms with Crippen LogP contribution in [0.25, 0.3) is 11.3 Å². The molecule has 1 nitrogen and oxygen atoms in total. The fourth-order valence-electron chi connectivity index (χ4n) is 1.71. The highest BCUT2D eigenvalue weighted by Gasteiger charge is 2.27. The predicted octanol–water partition coefficient (Wildman–Crippen LogP) is 5.38. The molecule has 0 radical (unpaired) electrons.